The van der Waals surface area contributed by atoms with Crippen LogP contribution in [0.3, 0.4) is 0 Å². The number of nitrogens with one attached hydrogen (secondary N) is 2. The number of thioether (sulfide) groups is 1. The number of aromatic amines is 2. The zero-order valence-corrected chi connectivity index (χ0v) is 9.22. The molecule has 1 aromatic rings. The number of ether oxygens (including phenoxy) is 2. The Labute approximate surface area is 90.0 Å². The van der Waals surface area contributed by atoms with E-state index in [2.05, 4.69) is 9.97 Å². The van der Waals surface area contributed by atoms with Crippen LogP contribution in [0.15, 0.2) is 20.7 Å². The lowest BCUT2D eigenvalue weighted by molar-refractivity contribution is -0.0842. The lowest BCUT2D eigenvalue weighted by atomic mass is 10.7. The number of aromatic nitrogens is 2. The van der Waals surface area contributed by atoms with Gasteiger partial charge in [0.1, 0.15) is 0 Å². The van der Waals surface area contributed by atoms with Crippen LogP contribution in [0, 0.1) is 0 Å². The summed E-state index contributed by atoms with van der Waals surface area (Å²) in [6.45, 7) is 0. The largest absolute Gasteiger partial charge is 0.355 e. The molecule has 0 radical (unpaired) electrons. The van der Waals surface area contributed by atoms with E-state index in [1.54, 1.807) is 0 Å². The number of rotatable bonds is 5. The standard InChI is InChI=1S/C8H12N2O4S/c1-13-7(14-2)4-15-6-3-5(11)9-8(12)10-6/h3,7H,4H2,1-2H3,(H2,9,10,11,12). The van der Waals surface area contributed by atoms with Crippen LogP contribution in [0.2, 0.25) is 0 Å². The molecule has 7 heteroatoms. The van der Waals surface area contributed by atoms with Gasteiger partial charge in [-0.25, -0.2) is 4.79 Å². The van der Waals surface area contributed by atoms with Crippen molar-refractivity contribution in [1.82, 2.24) is 9.97 Å². The molecular weight excluding hydrogens is 220 g/mol. The normalized spacial score (nSPS) is 10.9. The molecule has 6 nitrogen and oxygen atoms in total. The van der Waals surface area contributed by atoms with Crippen LogP contribution in [0.5, 0.6) is 0 Å². The van der Waals surface area contributed by atoms with Gasteiger partial charge in [0.05, 0.1) is 10.8 Å². The summed E-state index contributed by atoms with van der Waals surface area (Å²) in [5.74, 6) is 0.492. The summed E-state index contributed by atoms with van der Waals surface area (Å²) in [7, 11) is 3.05. The second-order valence-electron chi connectivity index (χ2n) is 2.66. The van der Waals surface area contributed by atoms with Gasteiger partial charge in [-0.2, -0.15) is 0 Å². The van der Waals surface area contributed by atoms with Gasteiger partial charge in [-0.15, -0.1) is 11.8 Å². The van der Waals surface area contributed by atoms with Crippen LogP contribution in [-0.2, 0) is 9.47 Å². The molecule has 0 fully saturated rings. The van der Waals surface area contributed by atoms with Crippen molar-refractivity contribution < 1.29 is 9.47 Å². The summed E-state index contributed by atoms with van der Waals surface area (Å²) >= 11 is 1.28. The maximum atomic E-state index is 10.9. The van der Waals surface area contributed by atoms with Crippen molar-refractivity contribution in [2.45, 2.75) is 11.3 Å². The molecular formula is C8H12N2O4S. The van der Waals surface area contributed by atoms with Gasteiger partial charge < -0.3 is 14.5 Å². The Bertz CT molecular complexity index is 381. The lowest BCUT2D eigenvalue weighted by Crippen LogP contribution is -2.22. The molecule has 0 spiro atoms. The third-order valence-corrected chi connectivity index (χ3v) is 2.61. The minimum atomic E-state index is -0.517. The zero-order chi connectivity index (χ0) is 11.3. The van der Waals surface area contributed by atoms with Gasteiger partial charge in [-0.05, 0) is 0 Å². The smallest absolute Gasteiger partial charge is 0.326 e. The fourth-order valence-electron chi connectivity index (χ4n) is 0.914. The number of hydrogen-bond donors (Lipinski definition) is 2. The monoisotopic (exact) mass is 232 g/mol. The molecule has 2 N–H and O–H groups in total. The minimum absolute atomic E-state index is 0.363. The van der Waals surface area contributed by atoms with E-state index in [1.165, 1.54) is 32.0 Å². The second-order valence-corrected chi connectivity index (χ2v) is 3.73. The van der Waals surface area contributed by atoms with Crippen LogP contribution >= 0.6 is 11.8 Å². The number of H-pyrrole nitrogens is 2. The second kappa shape index (κ2) is 5.74. The van der Waals surface area contributed by atoms with Gasteiger partial charge in [-0.3, -0.25) is 9.78 Å². The van der Waals surface area contributed by atoms with Gasteiger partial charge in [0.25, 0.3) is 5.56 Å². The fraction of sp³-hybridized carbons (Fsp3) is 0.500. The third kappa shape index (κ3) is 3.90. The molecule has 0 aliphatic heterocycles. The lowest BCUT2D eigenvalue weighted by Gasteiger charge is -2.11. The van der Waals surface area contributed by atoms with Crippen LogP contribution < -0.4 is 11.2 Å². The topological polar surface area (TPSA) is 84.2 Å². The van der Waals surface area contributed by atoms with Crippen LogP contribution in [0.25, 0.3) is 0 Å². The van der Waals surface area contributed by atoms with Crippen molar-refractivity contribution in [3.63, 3.8) is 0 Å². The highest BCUT2D eigenvalue weighted by atomic mass is 32.2. The van der Waals surface area contributed by atoms with E-state index >= 15 is 0 Å². The molecule has 84 valence electrons. The first kappa shape index (κ1) is 12.0. The summed E-state index contributed by atoms with van der Waals surface area (Å²) < 4.78 is 9.92. The third-order valence-electron chi connectivity index (χ3n) is 1.64. The summed E-state index contributed by atoms with van der Waals surface area (Å²) in [5, 5.41) is 0.489. The average Bonchev–Trinajstić information content (AvgIpc) is 2.18. The van der Waals surface area contributed by atoms with Crippen molar-refractivity contribution in [2.24, 2.45) is 0 Å². The van der Waals surface area contributed by atoms with Crippen molar-refractivity contribution in [3.05, 3.63) is 26.9 Å². The van der Waals surface area contributed by atoms with Gasteiger partial charge >= 0.3 is 5.69 Å². The Balaban J connectivity index is 2.65. The first-order valence-electron chi connectivity index (χ1n) is 4.17. The highest BCUT2D eigenvalue weighted by molar-refractivity contribution is 7.99. The van der Waals surface area contributed by atoms with E-state index in [4.69, 9.17) is 9.47 Å². The first-order valence-corrected chi connectivity index (χ1v) is 5.16. The fourth-order valence-corrected chi connectivity index (χ4v) is 1.86. The summed E-state index contributed by atoms with van der Waals surface area (Å²) in [6.07, 6.45) is -0.363. The molecule has 0 aliphatic carbocycles. The molecule has 15 heavy (non-hydrogen) atoms. The summed E-state index contributed by atoms with van der Waals surface area (Å²) in [6, 6.07) is 1.31. The van der Waals surface area contributed by atoms with E-state index in [9.17, 15) is 9.59 Å². The molecule has 0 saturated heterocycles. The Morgan fingerprint density at radius 2 is 2.00 bits per heavy atom. The van der Waals surface area contributed by atoms with Crippen molar-refractivity contribution in [2.75, 3.05) is 20.0 Å². The van der Waals surface area contributed by atoms with Gasteiger partial charge in [-0.1, -0.05) is 0 Å². The molecule has 0 aliphatic rings. The zero-order valence-electron chi connectivity index (χ0n) is 8.40. The summed E-state index contributed by atoms with van der Waals surface area (Å²) in [5.41, 5.74) is -0.941. The van der Waals surface area contributed by atoms with E-state index in [1.807, 2.05) is 0 Å². The predicted molar refractivity (Wildman–Crippen MR) is 56.2 cm³/mol. The Morgan fingerprint density at radius 1 is 1.33 bits per heavy atom. The number of methoxy groups -OCH3 is 2. The quantitative estimate of drug-likeness (QED) is 0.416. The highest BCUT2D eigenvalue weighted by Gasteiger charge is 2.06. The van der Waals surface area contributed by atoms with Crippen LogP contribution in [-0.4, -0.2) is 36.2 Å². The molecule has 0 aromatic carbocycles. The molecule has 0 amide bonds. The Morgan fingerprint density at radius 3 is 2.53 bits per heavy atom. The molecule has 1 rings (SSSR count). The molecule has 0 bridgehead atoms. The van der Waals surface area contributed by atoms with Gasteiger partial charge in [0.15, 0.2) is 6.29 Å². The molecule has 0 saturated carbocycles. The first-order chi connectivity index (χ1) is 7.15. The van der Waals surface area contributed by atoms with Gasteiger partial charge in [0.2, 0.25) is 0 Å². The Hall–Kier alpha value is -1.05. The number of hydrogen-bond acceptors (Lipinski definition) is 5. The van der Waals surface area contributed by atoms with Crippen molar-refractivity contribution >= 4 is 11.8 Å². The van der Waals surface area contributed by atoms with E-state index in [-0.39, 0.29) is 6.29 Å². The molecule has 0 unspecified atom stereocenters. The Kier molecular flexibility index (Phi) is 4.60. The van der Waals surface area contributed by atoms with Gasteiger partial charge in [0, 0.05) is 20.3 Å². The maximum absolute atomic E-state index is 10.9. The van der Waals surface area contributed by atoms with Crippen LogP contribution in [0.4, 0.5) is 0 Å². The highest BCUT2D eigenvalue weighted by Crippen LogP contribution is 2.13. The van der Waals surface area contributed by atoms with Crippen LogP contribution in [0.1, 0.15) is 0 Å². The predicted octanol–water partition coefficient (Wildman–Crippen LogP) is -0.226. The van der Waals surface area contributed by atoms with E-state index < -0.39 is 11.2 Å². The minimum Gasteiger partial charge on any atom is -0.355 e. The van der Waals surface area contributed by atoms with Crippen molar-refractivity contribution in [3.8, 4) is 0 Å². The summed E-state index contributed by atoms with van der Waals surface area (Å²) in [4.78, 5) is 26.4. The molecule has 0 atom stereocenters. The maximum Gasteiger partial charge on any atom is 0.326 e. The van der Waals surface area contributed by atoms with E-state index in [0.717, 1.165) is 0 Å². The molecule has 1 heterocycles. The SMILES string of the molecule is COC(CSc1cc(=O)[nH]c(=O)[nH]1)OC. The average molecular weight is 232 g/mol. The van der Waals surface area contributed by atoms with Crippen molar-refractivity contribution in [1.29, 1.82) is 0 Å². The van der Waals surface area contributed by atoms with E-state index in [0.29, 0.717) is 10.8 Å². The molecule has 1 aromatic heterocycles.